The molecular weight excluding hydrogens is 376 g/mol. The van der Waals surface area contributed by atoms with Crippen LogP contribution in [0.1, 0.15) is 28.7 Å². The number of rotatable bonds is 4. The van der Waals surface area contributed by atoms with E-state index in [0.29, 0.717) is 5.56 Å². The maximum atomic E-state index is 11.4. The van der Waals surface area contributed by atoms with Crippen LogP contribution in [0.2, 0.25) is 0 Å². The van der Waals surface area contributed by atoms with Crippen LogP contribution in [0.25, 0.3) is 0 Å². The summed E-state index contributed by atoms with van der Waals surface area (Å²) in [5.74, 6) is 5.49. The Labute approximate surface area is 153 Å². The SMILES string of the molecule is Cc1ccc(S(=O)(=O)O)c(C#CCCc2cc(C)ccc2S(=O)(=O)O)c1. The predicted octanol–water partition coefficient (Wildman–Crippen LogP) is 2.78. The molecule has 0 aliphatic carbocycles. The van der Waals surface area contributed by atoms with Crippen molar-refractivity contribution in [1.29, 1.82) is 0 Å². The highest BCUT2D eigenvalue weighted by atomic mass is 32.2. The van der Waals surface area contributed by atoms with E-state index in [-0.39, 0.29) is 28.2 Å². The fourth-order valence-corrected chi connectivity index (χ4v) is 3.84. The van der Waals surface area contributed by atoms with E-state index in [2.05, 4.69) is 11.8 Å². The zero-order valence-corrected chi connectivity index (χ0v) is 15.9. The van der Waals surface area contributed by atoms with Gasteiger partial charge in [0.15, 0.2) is 0 Å². The highest BCUT2D eigenvalue weighted by Gasteiger charge is 2.15. The normalized spacial score (nSPS) is 11.7. The van der Waals surface area contributed by atoms with Crippen molar-refractivity contribution in [3.63, 3.8) is 0 Å². The summed E-state index contributed by atoms with van der Waals surface area (Å²) < 4.78 is 64.2. The summed E-state index contributed by atoms with van der Waals surface area (Å²) >= 11 is 0. The smallest absolute Gasteiger partial charge is 0.282 e. The lowest BCUT2D eigenvalue weighted by Gasteiger charge is -2.06. The molecule has 2 aromatic carbocycles. The molecule has 2 aromatic rings. The van der Waals surface area contributed by atoms with Crippen LogP contribution in [0.3, 0.4) is 0 Å². The van der Waals surface area contributed by atoms with E-state index in [9.17, 15) is 25.9 Å². The third-order valence-electron chi connectivity index (χ3n) is 3.65. The molecule has 0 unspecified atom stereocenters. The zero-order chi connectivity index (χ0) is 19.5. The monoisotopic (exact) mass is 394 g/mol. The van der Waals surface area contributed by atoms with E-state index in [1.165, 1.54) is 12.1 Å². The van der Waals surface area contributed by atoms with Crippen LogP contribution in [0, 0.1) is 25.7 Å². The van der Waals surface area contributed by atoms with Crippen LogP contribution < -0.4 is 0 Å². The molecule has 0 spiro atoms. The van der Waals surface area contributed by atoms with Gasteiger partial charge in [-0.15, -0.1) is 0 Å². The maximum Gasteiger partial charge on any atom is 0.295 e. The summed E-state index contributed by atoms with van der Waals surface area (Å²) in [4.78, 5) is -0.441. The van der Waals surface area contributed by atoms with Crippen molar-refractivity contribution in [3.05, 3.63) is 58.7 Å². The molecule has 2 N–H and O–H groups in total. The Morgan fingerprint density at radius 2 is 1.38 bits per heavy atom. The lowest BCUT2D eigenvalue weighted by atomic mass is 10.1. The van der Waals surface area contributed by atoms with Crippen LogP contribution >= 0.6 is 0 Å². The third-order valence-corrected chi connectivity index (χ3v) is 5.52. The molecule has 0 heterocycles. The topological polar surface area (TPSA) is 109 Å². The fraction of sp³-hybridized carbons (Fsp3) is 0.222. The second-order valence-corrected chi connectivity index (χ2v) is 8.64. The van der Waals surface area contributed by atoms with Crippen molar-refractivity contribution >= 4 is 20.2 Å². The molecule has 0 fully saturated rings. The van der Waals surface area contributed by atoms with Crippen LogP contribution in [0.15, 0.2) is 46.2 Å². The van der Waals surface area contributed by atoms with E-state index in [0.717, 1.165) is 11.1 Å². The molecule has 0 radical (unpaired) electrons. The first kappa shape index (κ1) is 20.1. The summed E-state index contributed by atoms with van der Waals surface area (Å²) in [6, 6.07) is 8.96. The van der Waals surface area contributed by atoms with Gasteiger partial charge in [0.1, 0.15) is 4.90 Å². The Balaban J connectivity index is 2.29. The average molecular weight is 394 g/mol. The van der Waals surface area contributed by atoms with E-state index in [1.807, 2.05) is 0 Å². The molecule has 0 amide bonds. The van der Waals surface area contributed by atoms with Crippen molar-refractivity contribution in [2.24, 2.45) is 0 Å². The molecule has 0 aromatic heterocycles. The van der Waals surface area contributed by atoms with Gasteiger partial charge in [0.2, 0.25) is 0 Å². The Kier molecular flexibility index (Phi) is 5.88. The second kappa shape index (κ2) is 7.60. The van der Waals surface area contributed by atoms with Crippen LogP contribution in [0.5, 0.6) is 0 Å². The van der Waals surface area contributed by atoms with E-state index in [4.69, 9.17) is 0 Å². The van der Waals surface area contributed by atoms with Gasteiger partial charge in [0.25, 0.3) is 20.2 Å². The molecule has 26 heavy (non-hydrogen) atoms. The van der Waals surface area contributed by atoms with Gasteiger partial charge in [-0.25, -0.2) is 0 Å². The predicted molar refractivity (Wildman–Crippen MR) is 97.2 cm³/mol. The average Bonchev–Trinajstić information content (AvgIpc) is 2.49. The Hall–Kier alpha value is -2.18. The van der Waals surface area contributed by atoms with Crippen molar-refractivity contribution in [3.8, 4) is 11.8 Å². The van der Waals surface area contributed by atoms with Gasteiger partial charge in [-0.05, 0) is 49.6 Å². The molecule has 0 atom stereocenters. The summed E-state index contributed by atoms with van der Waals surface area (Å²) in [6.07, 6.45) is 0.502. The highest BCUT2D eigenvalue weighted by molar-refractivity contribution is 7.86. The molecule has 138 valence electrons. The van der Waals surface area contributed by atoms with Crippen molar-refractivity contribution in [2.45, 2.75) is 36.5 Å². The molecule has 0 saturated carbocycles. The minimum absolute atomic E-state index is 0.168. The number of hydrogen-bond donors (Lipinski definition) is 2. The summed E-state index contributed by atoms with van der Waals surface area (Å²) in [5, 5.41) is 0. The fourth-order valence-electron chi connectivity index (χ4n) is 2.48. The van der Waals surface area contributed by atoms with Gasteiger partial charge in [0, 0.05) is 12.0 Å². The second-order valence-electron chi connectivity index (χ2n) is 5.86. The van der Waals surface area contributed by atoms with Crippen LogP contribution in [-0.4, -0.2) is 25.9 Å². The van der Waals surface area contributed by atoms with Crippen molar-refractivity contribution in [1.82, 2.24) is 0 Å². The largest absolute Gasteiger partial charge is 0.295 e. The number of benzene rings is 2. The maximum absolute atomic E-state index is 11.4. The van der Waals surface area contributed by atoms with E-state index in [1.54, 1.807) is 38.1 Å². The Bertz CT molecular complexity index is 1100. The Morgan fingerprint density at radius 3 is 1.96 bits per heavy atom. The summed E-state index contributed by atoms with van der Waals surface area (Å²) in [7, 11) is -8.72. The first-order valence-electron chi connectivity index (χ1n) is 7.62. The lowest BCUT2D eigenvalue weighted by Crippen LogP contribution is -2.03. The Morgan fingerprint density at radius 1 is 0.846 bits per heavy atom. The molecule has 0 bridgehead atoms. The third kappa shape index (κ3) is 5.16. The van der Waals surface area contributed by atoms with E-state index < -0.39 is 20.2 Å². The van der Waals surface area contributed by atoms with Gasteiger partial charge in [-0.3, -0.25) is 9.11 Å². The van der Waals surface area contributed by atoms with Gasteiger partial charge in [-0.2, -0.15) is 16.8 Å². The summed E-state index contributed by atoms with van der Waals surface area (Å²) in [5.41, 5.74) is 2.23. The van der Waals surface area contributed by atoms with Crippen LogP contribution in [0.4, 0.5) is 0 Å². The molecule has 6 nitrogen and oxygen atoms in total. The first-order valence-corrected chi connectivity index (χ1v) is 10.5. The van der Waals surface area contributed by atoms with Gasteiger partial charge < -0.3 is 0 Å². The van der Waals surface area contributed by atoms with Crippen molar-refractivity contribution in [2.75, 3.05) is 0 Å². The standard InChI is InChI=1S/C18H18O6S2/c1-13-7-9-17(25(19,20)21)15(11-13)5-3-4-6-16-12-14(2)8-10-18(16)26(22,23)24/h7-12H,3,5H2,1-2H3,(H,19,20,21)(H,22,23,24). The minimum Gasteiger partial charge on any atom is -0.282 e. The van der Waals surface area contributed by atoms with Gasteiger partial charge >= 0.3 is 0 Å². The lowest BCUT2D eigenvalue weighted by molar-refractivity contribution is 0.480. The first-order chi connectivity index (χ1) is 12.0. The van der Waals surface area contributed by atoms with Gasteiger partial charge in [-0.1, -0.05) is 35.6 Å². The minimum atomic E-state index is -4.39. The number of aryl methyl sites for hydroxylation is 3. The molecular formula is C18H18O6S2. The van der Waals surface area contributed by atoms with Crippen molar-refractivity contribution < 1.29 is 25.9 Å². The van der Waals surface area contributed by atoms with Gasteiger partial charge in [0.05, 0.1) is 4.90 Å². The summed E-state index contributed by atoms with van der Waals surface area (Å²) in [6.45, 7) is 3.57. The highest BCUT2D eigenvalue weighted by Crippen LogP contribution is 2.19. The van der Waals surface area contributed by atoms with Crippen LogP contribution in [-0.2, 0) is 26.7 Å². The quantitative estimate of drug-likeness (QED) is 0.610. The zero-order valence-electron chi connectivity index (χ0n) is 14.2. The van der Waals surface area contributed by atoms with E-state index >= 15 is 0 Å². The number of hydrogen-bond acceptors (Lipinski definition) is 4. The molecule has 2 rings (SSSR count). The molecule has 0 aliphatic heterocycles. The molecule has 0 saturated heterocycles. The molecule has 8 heteroatoms. The molecule has 0 aliphatic rings.